The second-order valence-electron chi connectivity index (χ2n) is 7.38. The third-order valence-corrected chi connectivity index (χ3v) is 5.58. The molecule has 2 saturated heterocycles. The highest BCUT2D eigenvalue weighted by Crippen LogP contribution is 2.48. The normalized spacial score (nSPS) is 22.1. The molecule has 2 aromatic carbocycles. The summed E-state index contributed by atoms with van der Waals surface area (Å²) in [5, 5.41) is 21.8. The minimum atomic E-state index is -4.88. The summed E-state index contributed by atoms with van der Waals surface area (Å²) in [5.41, 5.74) is -2.33. The molecule has 0 bridgehead atoms. The second kappa shape index (κ2) is 7.77. The van der Waals surface area contributed by atoms with Crippen molar-refractivity contribution in [3.05, 3.63) is 58.1 Å². The van der Waals surface area contributed by atoms with Crippen LogP contribution in [-0.4, -0.2) is 53.3 Å². The molecule has 7 nitrogen and oxygen atoms in total. The molecular formula is C20H20F3N3O4. The molecule has 0 saturated carbocycles. The van der Waals surface area contributed by atoms with Gasteiger partial charge in [0.2, 0.25) is 0 Å². The predicted octanol–water partition coefficient (Wildman–Crippen LogP) is 3.66. The zero-order valence-electron chi connectivity index (χ0n) is 15.9. The first-order valence-electron chi connectivity index (χ1n) is 9.54. The topological polar surface area (TPSA) is 79.1 Å². The van der Waals surface area contributed by atoms with Gasteiger partial charge in [0.1, 0.15) is 22.7 Å². The Bertz CT molecular complexity index is 939. The summed E-state index contributed by atoms with van der Waals surface area (Å²) in [7, 11) is 0. The van der Waals surface area contributed by atoms with Gasteiger partial charge in [-0.1, -0.05) is 18.2 Å². The van der Waals surface area contributed by atoms with Crippen LogP contribution in [0.3, 0.4) is 0 Å². The zero-order chi connectivity index (χ0) is 21.5. The number of alkyl halides is 3. The van der Waals surface area contributed by atoms with Gasteiger partial charge in [-0.15, -0.1) is 0 Å². The number of fused-ring (bicyclic) bond motifs is 1. The van der Waals surface area contributed by atoms with Crippen LogP contribution in [0, 0.1) is 10.1 Å². The lowest BCUT2D eigenvalue weighted by atomic mass is 10.0. The van der Waals surface area contributed by atoms with E-state index in [0.29, 0.717) is 19.5 Å². The number of aliphatic hydroxyl groups is 1. The number of hydrogen-bond donors (Lipinski definition) is 1. The number of ether oxygens (including phenoxy) is 1. The quantitative estimate of drug-likeness (QED) is 0.597. The van der Waals surface area contributed by atoms with Crippen LogP contribution in [0.5, 0.6) is 11.5 Å². The largest absolute Gasteiger partial charge is 0.457 e. The van der Waals surface area contributed by atoms with Crippen LogP contribution in [0.1, 0.15) is 12.0 Å². The van der Waals surface area contributed by atoms with Crippen molar-refractivity contribution in [3.63, 3.8) is 0 Å². The Morgan fingerprint density at radius 2 is 1.83 bits per heavy atom. The van der Waals surface area contributed by atoms with Gasteiger partial charge in [0.15, 0.2) is 0 Å². The molecule has 2 heterocycles. The molecule has 0 aliphatic carbocycles. The Labute approximate surface area is 170 Å². The molecule has 2 aliphatic rings. The number of nitro benzene ring substituents is 1. The standard InChI is InChI=1S/C20H20F3N3O4/c21-20(22,23)18-17(30-13-4-2-1-3-5-13)7-6-14(26(28)29)19(18)25-11-10-24-9-8-16(27)15(24)12-25/h1-7,15-16,27H,8-12H2/t15-,16+/m1/s1. The van der Waals surface area contributed by atoms with Crippen LogP contribution in [-0.2, 0) is 6.18 Å². The molecular weight excluding hydrogens is 403 g/mol. The summed E-state index contributed by atoms with van der Waals surface area (Å²) < 4.78 is 48.0. The smallest absolute Gasteiger partial charge is 0.422 e. The average molecular weight is 423 g/mol. The molecule has 4 rings (SSSR count). The minimum absolute atomic E-state index is 0.0693. The van der Waals surface area contributed by atoms with E-state index < -0.39 is 39.9 Å². The van der Waals surface area contributed by atoms with E-state index >= 15 is 0 Å². The first-order chi connectivity index (χ1) is 14.3. The van der Waals surface area contributed by atoms with Crippen molar-refractivity contribution < 1.29 is 27.9 Å². The summed E-state index contributed by atoms with van der Waals surface area (Å²) in [6.45, 7) is 1.33. The molecule has 0 aromatic heterocycles. The van der Waals surface area contributed by atoms with E-state index in [-0.39, 0.29) is 24.9 Å². The van der Waals surface area contributed by atoms with Crippen LogP contribution < -0.4 is 9.64 Å². The average Bonchev–Trinajstić information content (AvgIpc) is 3.07. The molecule has 30 heavy (non-hydrogen) atoms. The van der Waals surface area contributed by atoms with Crippen LogP contribution in [0.25, 0.3) is 0 Å². The number of hydrogen-bond acceptors (Lipinski definition) is 6. The highest BCUT2D eigenvalue weighted by Gasteiger charge is 2.45. The number of piperazine rings is 1. The highest BCUT2D eigenvalue weighted by atomic mass is 19.4. The van der Waals surface area contributed by atoms with E-state index in [4.69, 9.17) is 4.74 Å². The Morgan fingerprint density at radius 1 is 1.10 bits per heavy atom. The number of anilines is 1. The molecule has 0 unspecified atom stereocenters. The van der Waals surface area contributed by atoms with Crippen LogP contribution in [0.2, 0.25) is 0 Å². The number of benzene rings is 2. The number of aliphatic hydroxyl groups excluding tert-OH is 1. The first-order valence-corrected chi connectivity index (χ1v) is 9.54. The summed E-state index contributed by atoms with van der Waals surface area (Å²) >= 11 is 0. The van der Waals surface area contributed by atoms with Gasteiger partial charge in [-0.25, -0.2) is 0 Å². The maximum Gasteiger partial charge on any atom is 0.422 e. The summed E-state index contributed by atoms with van der Waals surface area (Å²) in [6.07, 6.45) is -5.02. The van der Waals surface area contributed by atoms with Gasteiger partial charge < -0.3 is 14.7 Å². The second-order valence-corrected chi connectivity index (χ2v) is 7.38. The molecule has 2 aliphatic heterocycles. The molecule has 0 spiro atoms. The van der Waals surface area contributed by atoms with Crippen LogP contribution in [0.4, 0.5) is 24.5 Å². The third-order valence-electron chi connectivity index (χ3n) is 5.58. The number of nitro groups is 1. The van der Waals surface area contributed by atoms with Gasteiger partial charge in [-0.3, -0.25) is 15.0 Å². The number of nitrogens with zero attached hydrogens (tertiary/aromatic N) is 3. The first kappa shape index (κ1) is 20.4. The lowest BCUT2D eigenvalue weighted by Gasteiger charge is -2.40. The fraction of sp³-hybridized carbons (Fsp3) is 0.400. The van der Waals surface area contributed by atoms with Gasteiger partial charge in [0.25, 0.3) is 5.69 Å². The van der Waals surface area contributed by atoms with Crippen molar-refractivity contribution in [3.8, 4) is 11.5 Å². The number of para-hydroxylation sites is 1. The van der Waals surface area contributed by atoms with Crippen molar-refractivity contribution in [1.82, 2.24) is 4.90 Å². The van der Waals surface area contributed by atoms with Crippen molar-refractivity contribution >= 4 is 11.4 Å². The number of rotatable bonds is 4. The maximum atomic E-state index is 14.2. The fourth-order valence-corrected chi connectivity index (χ4v) is 4.19. The molecule has 10 heteroatoms. The SMILES string of the molecule is O=[N+]([O-])c1ccc(Oc2ccccc2)c(C(F)(F)F)c1N1CCN2CC[C@H](O)[C@H]2C1. The molecule has 2 atom stereocenters. The lowest BCUT2D eigenvalue weighted by molar-refractivity contribution is -0.384. The van der Waals surface area contributed by atoms with E-state index in [1.165, 1.54) is 17.0 Å². The molecule has 0 amide bonds. The van der Waals surface area contributed by atoms with Gasteiger partial charge in [0.05, 0.1) is 17.1 Å². The van der Waals surface area contributed by atoms with Crippen molar-refractivity contribution in [2.45, 2.75) is 24.7 Å². The van der Waals surface area contributed by atoms with E-state index in [9.17, 15) is 28.4 Å². The molecule has 2 aromatic rings. The monoisotopic (exact) mass is 423 g/mol. The van der Waals surface area contributed by atoms with E-state index in [1.54, 1.807) is 18.2 Å². The maximum absolute atomic E-state index is 14.2. The fourth-order valence-electron chi connectivity index (χ4n) is 4.19. The van der Waals surface area contributed by atoms with Gasteiger partial charge in [-0.2, -0.15) is 13.2 Å². The Balaban J connectivity index is 1.82. The molecule has 0 radical (unpaired) electrons. The van der Waals surface area contributed by atoms with Gasteiger partial charge in [0, 0.05) is 32.2 Å². The van der Waals surface area contributed by atoms with E-state index in [2.05, 4.69) is 0 Å². The molecule has 1 N–H and O–H groups in total. The van der Waals surface area contributed by atoms with Crippen LogP contribution in [0.15, 0.2) is 42.5 Å². The molecule has 2 fully saturated rings. The molecule has 160 valence electrons. The highest BCUT2D eigenvalue weighted by molar-refractivity contribution is 5.73. The van der Waals surface area contributed by atoms with Crippen molar-refractivity contribution in [2.75, 3.05) is 31.1 Å². The van der Waals surface area contributed by atoms with Gasteiger partial charge >= 0.3 is 6.18 Å². The van der Waals surface area contributed by atoms with E-state index in [1.807, 2.05) is 4.90 Å². The Hall–Kier alpha value is -2.85. The predicted molar refractivity (Wildman–Crippen MR) is 103 cm³/mol. The third kappa shape index (κ3) is 3.80. The zero-order valence-corrected chi connectivity index (χ0v) is 15.9. The lowest BCUT2D eigenvalue weighted by Crippen LogP contribution is -2.53. The summed E-state index contributed by atoms with van der Waals surface area (Å²) in [5.74, 6) is -0.303. The number of halogens is 3. The van der Waals surface area contributed by atoms with Gasteiger partial charge in [-0.05, 0) is 24.6 Å². The van der Waals surface area contributed by atoms with E-state index in [0.717, 1.165) is 12.1 Å². The van der Waals surface area contributed by atoms with Crippen molar-refractivity contribution in [2.24, 2.45) is 0 Å². The Morgan fingerprint density at radius 3 is 2.50 bits per heavy atom. The van der Waals surface area contributed by atoms with Crippen molar-refractivity contribution in [1.29, 1.82) is 0 Å². The summed E-state index contributed by atoms with van der Waals surface area (Å²) in [6, 6.07) is 9.62. The minimum Gasteiger partial charge on any atom is -0.457 e. The Kier molecular flexibility index (Phi) is 5.29. The summed E-state index contributed by atoms with van der Waals surface area (Å²) in [4.78, 5) is 14.2. The van der Waals surface area contributed by atoms with Crippen LogP contribution >= 0.6 is 0 Å².